The van der Waals surface area contributed by atoms with Crippen molar-refractivity contribution in [1.29, 1.82) is 0 Å². The van der Waals surface area contributed by atoms with E-state index in [0.29, 0.717) is 17.2 Å². The number of carbonyl (C=O) groups excluding carboxylic acids is 2. The molecule has 0 radical (unpaired) electrons. The number of carbonyl (C=O) groups is 2. The largest absolute Gasteiger partial charge is 0.462 e. The lowest BCUT2D eigenvalue weighted by Crippen LogP contribution is -2.20. The molecule has 4 rings (SSSR count). The lowest BCUT2D eigenvalue weighted by atomic mass is 9.96. The number of nitrogens with one attached hydrogen (secondary N) is 1. The Morgan fingerprint density at radius 3 is 2.33 bits per heavy atom. The van der Waals surface area contributed by atoms with Crippen LogP contribution < -0.4 is 5.32 Å². The van der Waals surface area contributed by atoms with Gasteiger partial charge in [-0.25, -0.2) is 4.79 Å². The molecule has 0 saturated heterocycles. The van der Waals surface area contributed by atoms with Gasteiger partial charge in [-0.1, -0.05) is 61.4 Å². The van der Waals surface area contributed by atoms with Crippen molar-refractivity contribution in [2.24, 2.45) is 0 Å². The van der Waals surface area contributed by atoms with Crippen molar-refractivity contribution in [2.45, 2.75) is 55.6 Å². The highest BCUT2D eigenvalue weighted by molar-refractivity contribution is 8.00. The molecule has 1 aliphatic carbocycles. The molecule has 1 N–H and O–H groups in total. The first-order chi connectivity index (χ1) is 16.2. The van der Waals surface area contributed by atoms with Gasteiger partial charge in [-0.05, 0) is 55.9 Å². The highest BCUT2D eigenvalue weighted by atomic mass is 32.2. The Hall–Kier alpha value is -2.57. The summed E-state index contributed by atoms with van der Waals surface area (Å²) in [5, 5.41) is 3.31. The van der Waals surface area contributed by atoms with E-state index in [2.05, 4.69) is 5.32 Å². The normalized spacial score (nSPS) is 14.5. The quantitative estimate of drug-likeness (QED) is 0.291. The van der Waals surface area contributed by atoms with Crippen molar-refractivity contribution < 1.29 is 14.3 Å². The molecule has 33 heavy (non-hydrogen) atoms. The van der Waals surface area contributed by atoms with Crippen molar-refractivity contribution in [2.75, 3.05) is 11.9 Å². The van der Waals surface area contributed by atoms with Gasteiger partial charge in [0.15, 0.2) is 0 Å². The second-order valence-corrected chi connectivity index (χ2v) is 10.3. The first kappa shape index (κ1) is 23.6. The summed E-state index contributed by atoms with van der Waals surface area (Å²) in [7, 11) is 0. The summed E-state index contributed by atoms with van der Waals surface area (Å²) < 4.78 is 5.40. The highest BCUT2D eigenvalue weighted by Gasteiger charge is 2.29. The Morgan fingerprint density at radius 1 is 0.970 bits per heavy atom. The van der Waals surface area contributed by atoms with Gasteiger partial charge in [0, 0.05) is 9.77 Å². The third-order valence-electron chi connectivity index (χ3n) is 5.73. The predicted octanol–water partition coefficient (Wildman–Crippen LogP) is 7.06. The van der Waals surface area contributed by atoms with Gasteiger partial charge in [-0.3, -0.25) is 4.79 Å². The van der Waals surface area contributed by atoms with Crippen molar-refractivity contribution in [3.8, 4) is 0 Å². The fraction of sp³-hybridized carbons (Fsp3) is 0.333. The van der Waals surface area contributed by atoms with Gasteiger partial charge in [0.1, 0.15) is 10.3 Å². The van der Waals surface area contributed by atoms with Gasteiger partial charge >= 0.3 is 5.97 Å². The van der Waals surface area contributed by atoms with Crippen LogP contribution in [0, 0.1) is 0 Å². The summed E-state index contributed by atoms with van der Waals surface area (Å²) >= 11 is 3.06. The van der Waals surface area contributed by atoms with E-state index in [1.807, 2.05) is 67.6 Å². The fourth-order valence-electron chi connectivity index (χ4n) is 4.14. The third kappa shape index (κ3) is 5.87. The lowest BCUT2D eigenvalue weighted by Gasteiger charge is -2.17. The van der Waals surface area contributed by atoms with E-state index in [4.69, 9.17) is 4.74 Å². The number of benzene rings is 2. The molecule has 6 heteroatoms. The van der Waals surface area contributed by atoms with Gasteiger partial charge in [0.05, 0.1) is 12.2 Å². The second kappa shape index (κ2) is 11.5. The molecular weight excluding hydrogens is 450 g/mol. The van der Waals surface area contributed by atoms with E-state index in [1.54, 1.807) is 11.3 Å². The Labute approximate surface area is 203 Å². The molecule has 1 aliphatic rings. The van der Waals surface area contributed by atoms with Crippen molar-refractivity contribution in [3.63, 3.8) is 0 Å². The first-order valence-electron chi connectivity index (χ1n) is 11.6. The standard InChI is InChI=1S/C27H29NO3S2/c1-2-31-27(30)23-21-17-11-3-4-12-18-22(21)33-26(23)28-25(29)24(19-13-7-5-8-14-19)32-20-15-9-6-10-16-20/h5-10,13-16,24H,2-4,11-12,17-18H2,1H3,(H,28,29)/t24-/m1/s1. The summed E-state index contributed by atoms with van der Waals surface area (Å²) in [5.74, 6) is -0.465. The van der Waals surface area contributed by atoms with E-state index in [0.717, 1.165) is 41.7 Å². The predicted molar refractivity (Wildman–Crippen MR) is 136 cm³/mol. The molecule has 3 aromatic rings. The summed E-state index contributed by atoms with van der Waals surface area (Å²) in [4.78, 5) is 28.8. The van der Waals surface area contributed by atoms with Crippen LogP contribution in [0.4, 0.5) is 5.00 Å². The highest BCUT2D eigenvalue weighted by Crippen LogP contribution is 2.40. The van der Waals surface area contributed by atoms with Gasteiger partial charge in [0.25, 0.3) is 0 Å². The maximum Gasteiger partial charge on any atom is 0.341 e. The number of amides is 1. The first-order valence-corrected chi connectivity index (χ1v) is 13.3. The van der Waals surface area contributed by atoms with Crippen LogP contribution in [0.3, 0.4) is 0 Å². The van der Waals surface area contributed by atoms with Crippen LogP contribution >= 0.6 is 23.1 Å². The number of rotatable bonds is 7. The topological polar surface area (TPSA) is 55.4 Å². The van der Waals surface area contributed by atoms with Crippen LogP contribution in [0.2, 0.25) is 0 Å². The molecule has 0 unspecified atom stereocenters. The smallest absolute Gasteiger partial charge is 0.341 e. The summed E-state index contributed by atoms with van der Waals surface area (Å²) in [6, 6.07) is 19.7. The molecule has 0 fully saturated rings. The number of ether oxygens (including phenoxy) is 1. The lowest BCUT2D eigenvalue weighted by molar-refractivity contribution is -0.115. The minimum absolute atomic E-state index is 0.130. The molecular formula is C27H29NO3S2. The minimum Gasteiger partial charge on any atom is -0.462 e. The fourth-order valence-corrected chi connectivity index (χ4v) is 6.47. The van der Waals surface area contributed by atoms with Crippen LogP contribution in [0.5, 0.6) is 0 Å². The van der Waals surface area contributed by atoms with E-state index < -0.39 is 5.25 Å². The van der Waals surface area contributed by atoms with E-state index in [9.17, 15) is 9.59 Å². The van der Waals surface area contributed by atoms with Gasteiger partial charge in [-0.15, -0.1) is 23.1 Å². The van der Waals surface area contributed by atoms with Crippen molar-refractivity contribution >= 4 is 40.0 Å². The van der Waals surface area contributed by atoms with E-state index in [-0.39, 0.29) is 11.9 Å². The number of thiophene rings is 1. The molecule has 172 valence electrons. The molecule has 4 nitrogen and oxygen atoms in total. The number of hydrogen-bond donors (Lipinski definition) is 1. The number of anilines is 1. The summed E-state index contributed by atoms with van der Waals surface area (Å²) in [6.07, 6.45) is 6.35. The Kier molecular flexibility index (Phi) is 8.24. The number of hydrogen-bond acceptors (Lipinski definition) is 5. The molecule has 1 atom stereocenters. The Bertz CT molecular complexity index is 1080. The van der Waals surface area contributed by atoms with Gasteiger partial charge in [-0.2, -0.15) is 0 Å². The van der Waals surface area contributed by atoms with Gasteiger partial charge < -0.3 is 10.1 Å². The maximum atomic E-state index is 13.6. The zero-order chi connectivity index (χ0) is 23.0. The number of fused-ring (bicyclic) bond motifs is 1. The summed E-state index contributed by atoms with van der Waals surface area (Å²) in [6.45, 7) is 2.13. The van der Waals surface area contributed by atoms with Crippen LogP contribution in [-0.4, -0.2) is 18.5 Å². The molecule has 0 spiro atoms. The zero-order valence-electron chi connectivity index (χ0n) is 18.8. The third-order valence-corrected chi connectivity index (χ3v) is 8.20. The Balaban J connectivity index is 1.67. The molecule has 0 saturated carbocycles. The van der Waals surface area contributed by atoms with Crippen molar-refractivity contribution in [3.05, 3.63) is 82.2 Å². The van der Waals surface area contributed by atoms with Crippen LogP contribution in [-0.2, 0) is 22.4 Å². The molecule has 0 bridgehead atoms. The number of thioether (sulfide) groups is 1. The molecule has 1 amide bonds. The monoisotopic (exact) mass is 479 g/mol. The summed E-state index contributed by atoms with van der Waals surface area (Å²) in [5.41, 5.74) is 2.56. The molecule has 0 aliphatic heterocycles. The van der Waals surface area contributed by atoms with Crippen LogP contribution in [0.1, 0.15) is 64.2 Å². The second-order valence-electron chi connectivity index (χ2n) is 8.05. The molecule has 1 heterocycles. The zero-order valence-corrected chi connectivity index (χ0v) is 20.5. The average molecular weight is 480 g/mol. The van der Waals surface area contributed by atoms with E-state index in [1.165, 1.54) is 29.5 Å². The molecule has 2 aromatic carbocycles. The van der Waals surface area contributed by atoms with Crippen LogP contribution in [0.15, 0.2) is 65.6 Å². The number of aryl methyl sites for hydroxylation is 1. The number of esters is 1. The van der Waals surface area contributed by atoms with Gasteiger partial charge in [0.2, 0.25) is 5.91 Å². The van der Waals surface area contributed by atoms with E-state index >= 15 is 0 Å². The maximum absolute atomic E-state index is 13.6. The molecule has 1 aromatic heterocycles. The SMILES string of the molecule is CCOC(=O)c1c(NC(=O)[C@H](Sc2ccccc2)c2ccccc2)sc2c1CCCCCC2. The van der Waals surface area contributed by atoms with Crippen LogP contribution in [0.25, 0.3) is 0 Å². The average Bonchev–Trinajstić information content (AvgIpc) is 3.14. The van der Waals surface area contributed by atoms with Crippen molar-refractivity contribution in [1.82, 2.24) is 0 Å². The Morgan fingerprint density at radius 2 is 1.64 bits per heavy atom. The minimum atomic E-state index is -0.437.